The summed E-state index contributed by atoms with van der Waals surface area (Å²) in [6, 6.07) is 10.2. The topological polar surface area (TPSA) is 94.5 Å². The highest BCUT2D eigenvalue weighted by atomic mass is 16.2. The number of urea groups is 1. The number of nitrogens with one attached hydrogen (secondary N) is 3. The molecule has 3 saturated heterocycles. The Balaban J connectivity index is 1.21. The summed E-state index contributed by atoms with van der Waals surface area (Å²) in [5.74, 6) is 1.05. The molecular weight excluding hydrogens is 406 g/mol. The van der Waals surface area contributed by atoms with Gasteiger partial charge < -0.3 is 15.5 Å². The number of hydrogen-bond donors (Lipinski definition) is 3. The highest BCUT2D eigenvalue weighted by molar-refractivity contribution is 5.88. The monoisotopic (exact) mass is 437 g/mol. The maximum atomic E-state index is 12.6. The lowest BCUT2D eigenvalue weighted by atomic mass is 9.93. The van der Waals surface area contributed by atoms with Gasteiger partial charge in [-0.1, -0.05) is 12.1 Å². The summed E-state index contributed by atoms with van der Waals surface area (Å²) in [6.07, 6.45) is 4.17. The van der Waals surface area contributed by atoms with E-state index in [9.17, 15) is 9.59 Å². The highest BCUT2D eigenvalue weighted by Crippen LogP contribution is 2.25. The predicted molar refractivity (Wildman–Crippen MR) is 123 cm³/mol. The standard InChI is InChI=1S/C23H31N7O2/c31-22(29-13-9-24-10-14-29)26-21-7-12-30(23(32)27-21)19-3-1-17(2-4-19)15-28-11-6-20-18(16-28)5-8-25-20/h1-4,7,12,18,20,24-25H,5-6,8-11,13-16H2,(H,26,27,31,32)/t18-,20+/m0/s1. The summed E-state index contributed by atoms with van der Waals surface area (Å²) in [7, 11) is 0. The average Bonchev–Trinajstić information content (AvgIpc) is 3.28. The van der Waals surface area contributed by atoms with E-state index in [2.05, 4.69) is 38.0 Å². The maximum Gasteiger partial charge on any atom is 0.354 e. The van der Waals surface area contributed by atoms with Crippen LogP contribution in [-0.4, -0.2) is 77.2 Å². The van der Waals surface area contributed by atoms with Crippen molar-refractivity contribution in [3.8, 4) is 5.69 Å². The largest absolute Gasteiger partial charge is 0.354 e. The Hall–Kier alpha value is -2.75. The Morgan fingerprint density at radius 2 is 1.88 bits per heavy atom. The molecule has 2 atom stereocenters. The number of aromatic nitrogens is 2. The molecule has 2 amide bonds. The van der Waals surface area contributed by atoms with E-state index in [4.69, 9.17) is 0 Å². The maximum absolute atomic E-state index is 12.6. The van der Waals surface area contributed by atoms with Crippen LogP contribution in [0.2, 0.25) is 0 Å². The molecule has 9 heteroatoms. The fourth-order valence-electron chi connectivity index (χ4n) is 5.01. The van der Waals surface area contributed by atoms with Crippen molar-refractivity contribution in [2.75, 3.05) is 51.1 Å². The first-order valence-electron chi connectivity index (χ1n) is 11.6. The zero-order chi connectivity index (χ0) is 21.9. The van der Waals surface area contributed by atoms with Crippen molar-refractivity contribution >= 4 is 11.8 Å². The number of hydrogen-bond acceptors (Lipinski definition) is 6. The van der Waals surface area contributed by atoms with Gasteiger partial charge >= 0.3 is 11.7 Å². The van der Waals surface area contributed by atoms with Gasteiger partial charge in [0.05, 0.1) is 5.69 Å². The second-order valence-electron chi connectivity index (χ2n) is 8.93. The van der Waals surface area contributed by atoms with Crippen molar-refractivity contribution in [3.63, 3.8) is 0 Å². The van der Waals surface area contributed by atoms with E-state index < -0.39 is 5.69 Å². The van der Waals surface area contributed by atoms with Crippen LogP contribution in [0.25, 0.3) is 5.69 Å². The summed E-state index contributed by atoms with van der Waals surface area (Å²) >= 11 is 0. The zero-order valence-corrected chi connectivity index (χ0v) is 18.3. The van der Waals surface area contributed by atoms with Gasteiger partial charge in [-0.05, 0) is 55.6 Å². The molecule has 0 spiro atoms. The molecule has 0 aliphatic carbocycles. The van der Waals surface area contributed by atoms with Crippen molar-refractivity contribution in [2.45, 2.75) is 25.4 Å². The van der Waals surface area contributed by atoms with E-state index in [-0.39, 0.29) is 11.8 Å². The van der Waals surface area contributed by atoms with Gasteiger partial charge in [0.1, 0.15) is 5.82 Å². The van der Waals surface area contributed by atoms with Gasteiger partial charge in [0.25, 0.3) is 0 Å². The third-order valence-electron chi connectivity index (χ3n) is 6.80. The SMILES string of the molecule is O=C(Nc1ccn(-c2ccc(CN3CC[C@H]4NCC[C@H]4C3)cc2)c(=O)n1)N1CCNCC1. The van der Waals surface area contributed by atoms with E-state index in [0.29, 0.717) is 19.1 Å². The number of fused-ring (bicyclic) bond motifs is 1. The first-order chi connectivity index (χ1) is 15.7. The van der Waals surface area contributed by atoms with Crippen LogP contribution in [0.4, 0.5) is 10.6 Å². The number of piperidine rings is 1. The van der Waals surface area contributed by atoms with Crippen LogP contribution in [0.15, 0.2) is 41.3 Å². The molecule has 170 valence electrons. The molecule has 3 aliphatic heterocycles. The van der Waals surface area contributed by atoms with Crippen LogP contribution < -0.4 is 21.6 Å². The van der Waals surface area contributed by atoms with Crippen LogP contribution in [0.5, 0.6) is 0 Å². The molecule has 1 aromatic carbocycles. The van der Waals surface area contributed by atoms with Gasteiger partial charge in [-0.25, -0.2) is 9.59 Å². The number of carbonyl (C=O) groups is 1. The fraction of sp³-hybridized carbons (Fsp3) is 0.522. The third kappa shape index (κ3) is 4.69. The number of piperazine rings is 1. The normalized spacial score (nSPS) is 23.7. The molecule has 0 bridgehead atoms. The van der Waals surface area contributed by atoms with Crippen molar-refractivity contribution < 1.29 is 4.79 Å². The number of amides is 2. The summed E-state index contributed by atoms with van der Waals surface area (Å²) < 4.78 is 1.50. The van der Waals surface area contributed by atoms with E-state index >= 15 is 0 Å². The quantitative estimate of drug-likeness (QED) is 0.657. The number of nitrogens with zero attached hydrogens (tertiary/aromatic N) is 4. The third-order valence-corrected chi connectivity index (χ3v) is 6.80. The van der Waals surface area contributed by atoms with E-state index in [1.165, 1.54) is 23.0 Å². The molecule has 9 nitrogen and oxygen atoms in total. The minimum Gasteiger partial charge on any atom is -0.322 e. The zero-order valence-electron chi connectivity index (χ0n) is 18.3. The van der Waals surface area contributed by atoms with Gasteiger partial charge in [-0.2, -0.15) is 4.98 Å². The van der Waals surface area contributed by atoms with Crippen molar-refractivity contribution in [3.05, 3.63) is 52.6 Å². The molecule has 5 rings (SSSR count). The first kappa shape index (κ1) is 21.1. The predicted octanol–water partition coefficient (Wildman–Crippen LogP) is 0.853. The molecule has 3 aliphatic rings. The van der Waals surface area contributed by atoms with Gasteiger partial charge in [0, 0.05) is 51.5 Å². The first-order valence-corrected chi connectivity index (χ1v) is 11.6. The second kappa shape index (κ2) is 9.40. The summed E-state index contributed by atoms with van der Waals surface area (Å²) in [6.45, 7) is 7.20. The molecule has 0 saturated carbocycles. The van der Waals surface area contributed by atoms with E-state index in [1.807, 2.05) is 12.1 Å². The van der Waals surface area contributed by atoms with Crippen LogP contribution in [-0.2, 0) is 6.54 Å². The highest BCUT2D eigenvalue weighted by Gasteiger charge is 2.32. The lowest BCUT2D eigenvalue weighted by molar-refractivity contribution is 0.156. The van der Waals surface area contributed by atoms with Crippen molar-refractivity contribution in [1.82, 2.24) is 30.0 Å². The van der Waals surface area contributed by atoms with Gasteiger partial charge in [0.2, 0.25) is 0 Å². The number of benzene rings is 1. The Labute approximate surface area is 187 Å². The Bertz CT molecular complexity index is 1000. The molecule has 3 fully saturated rings. The van der Waals surface area contributed by atoms with Gasteiger partial charge in [-0.3, -0.25) is 14.8 Å². The summed E-state index contributed by atoms with van der Waals surface area (Å²) in [5.41, 5.74) is 1.61. The number of rotatable bonds is 4. The molecule has 1 aromatic heterocycles. The molecule has 0 radical (unpaired) electrons. The number of anilines is 1. The fourth-order valence-corrected chi connectivity index (χ4v) is 5.01. The van der Waals surface area contributed by atoms with Gasteiger partial charge in [-0.15, -0.1) is 0 Å². The minimum absolute atomic E-state index is 0.224. The Kier molecular flexibility index (Phi) is 6.20. The molecule has 3 N–H and O–H groups in total. The van der Waals surface area contributed by atoms with Crippen LogP contribution in [0.1, 0.15) is 18.4 Å². The lowest BCUT2D eigenvalue weighted by Gasteiger charge is -2.34. The average molecular weight is 438 g/mol. The molecular formula is C23H31N7O2. The van der Waals surface area contributed by atoms with Crippen LogP contribution in [0, 0.1) is 5.92 Å². The van der Waals surface area contributed by atoms with E-state index in [0.717, 1.165) is 50.9 Å². The van der Waals surface area contributed by atoms with Gasteiger partial charge in [0.15, 0.2) is 0 Å². The van der Waals surface area contributed by atoms with Crippen LogP contribution >= 0.6 is 0 Å². The molecule has 32 heavy (non-hydrogen) atoms. The number of likely N-dealkylation sites (tertiary alicyclic amines) is 1. The molecule has 0 unspecified atom stereocenters. The van der Waals surface area contributed by atoms with Crippen LogP contribution in [0.3, 0.4) is 0 Å². The smallest absolute Gasteiger partial charge is 0.322 e. The Morgan fingerprint density at radius 1 is 1.06 bits per heavy atom. The minimum atomic E-state index is -0.410. The van der Waals surface area contributed by atoms with E-state index in [1.54, 1.807) is 17.2 Å². The summed E-state index contributed by atoms with van der Waals surface area (Å²) in [5, 5.41) is 9.55. The van der Waals surface area contributed by atoms with Crippen molar-refractivity contribution in [1.29, 1.82) is 0 Å². The second-order valence-corrected chi connectivity index (χ2v) is 8.93. The molecule has 4 heterocycles. The number of carbonyl (C=O) groups excluding carboxylic acids is 1. The summed E-state index contributed by atoms with van der Waals surface area (Å²) in [4.78, 5) is 33.2. The lowest BCUT2D eigenvalue weighted by Crippen LogP contribution is -2.48. The molecule has 2 aromatic rings. The van der Waals surface area contributed by atoms with Crippen molar-refractivity contribution in [2.24, 2.45) is 5.92 Å². The Morgan fingerprint density at radius 3 is 2.66 bits per heavy atom.